The van der Waals surface area contributed by atoms with Gasteiger partial charge in [-0.25, -0.2) is 4.98 Å². The molecule has 0 aliphatic carbocycles. The molecule has 4 rings (SSSR count). The molecule has 1 amide bonds. The van der Waals surface area contributed by atoms with Crippen molar-refractivity contribution in [3.63, 3.8) is 0 Å². The van der Waals surface area contributed by atoms with E-state index < -0.39 is 0 Å². The number of thioether (sulfide) groups is 1. The van der Waals surface area contributed by atoms with Crippen molar-refractivity contribution in [1.82, 2.24) is 24.5 Å². The summed E-state index contributed by atoms with van der Waals surface area (Å²) in [4.78, 5) is 19.1. The largest absolute Gasteiger partial charge is 0.342 e. The molecule has 0 bridgehead atoms. The van der Waals surface area contributed by atoms with E-state index in [4.69, 9.17) is 0 Å². The SMILES string of the molecule is N#Cc1c(SCC(=O)N2CCCCC2)nc(-c2ccccc2)n2cnnc12. The summed E-state index contributed by atoms with van der Waals surface area (Å²) in [7, 11) is 0. The second kappa shape index (κ2) is 7.76. The fourth-order valence-corrected chi connectivity index (χ4v) is 4.09. The number of piperidine rings is 1. The van der Waals surface area contributed by atoms with Crippen LogP contribution in [-0.2, 0) is 4.79 Å². The van der Waals surface area contributed by atoms with Crippen molar-refractivity contribution >= 4 is 23.3 Å². The van der Waals surface area contributed by atoms with Gasteiger partial charge in [-0.3, -0.25) is 9.20 Å². The summed E-state index contributed by atoms with van der Waals surface area (Å²) < 4.78 is 1.71. The molecule has 3 aromatic rings. The number of benzene rings is 1. The number of hydrogen-bond acceptors (Lipinski definition) is 6. The van der Waals surface area contributed by atoms with Crippen LogP contribution in [0.2, 0.25) is 0 Å². The van der Waals surface area contributed by atoms with Crippen LogP contribution in [0.15, 0.2) is 41.7 Å². The smallest absolute Gasteiger partial charge is 0.232 e. The van der Waals surface area contributed by atoms with Gasteiger partial charge in [0.1, 0.15) is 28.8 Å². The van der Waals surface area contributed by atoms with Gasteiger partial charge in [0.2, 0.25) is 5.91 Å². The third-order valence-corrected chi connectivity index (χ3v) is 5.57. The molecule has 8 heteroatoms. The highest BCUT2D eigenvalue weighted by Crippen LogP contribution is 2.28. The Morgan fingerprint density at radius 2 is 1.96 bits per heavy atom. The zero-order valence-corrected chi connectivity index (χ0v) is 15.5. The Labute approximate surface area is 161 Å². The molecule has 0 spiro atoms. The fourth-order valence-electron chi connectivity index (χ4n) is 3.22. The van der Waals surface area contributed by atoms with Crippen molar-refractivity contribution < 1.29 is 4.79 Å². The number of nitrogens with zero attached hydrogens (tertiary/aromatic N) is 6. The van der Waals surface area contributed by atoms with Crippen molar-refractivity contribution in [2.75, 3.05) is 18.8 Å². The maximum atomic E-state index is 12.5. The molecule has 1 saturated heterocycles. The second-order valence-electron chi connectivity index (χ2n) is 6.35. The van der Waals surface area contributed by atoms with E-state index in [0.717, 1.165) is 31.5 Å². The molecule has 0 radical (unpaired) electrons. The molecule has 1 aliphatic heterocycles. The van der Waals surface area contributed by atoms with E-state index in [1.54, 1.807) is 10.7 Å². The minimum Gasteiger partial charge on any atom is -0.342 e. The van der Waals surface area contributed by atoms with Crippen molar-refractivity contribution in [3.05, 3.63) is 42.2 Å². The summed E-state index contributed by atoms with van der Waals surface area (Å²) in [5, 5.41) is 18.2. The highest BCUT2D eigenvalue weighted by molar-refractivity contribution is 8.00. The fraction of sp³-hybridized carbons (Fsp3) is 0.316. The maximum Gasteiger partial charge on any atom is 0.232 e. The van der Waals surface area contributed by atoms with Crippen molar-refractivity contribution in [1.29, 1.82) is 5.26 Å². The van der Waals surface area contributed by atoms with Gasteiger partial charge in [0.25, 0.3) is 0 Å². The van der Waals surface area contributed by atoms with Gasteiger partial charge in [0, 0.05) is 18.7 Å². The van der Waals surface area contributed by atoms with Crippen LogP contribution in [0.1, 0.15) is 24.8 Å². The molecular weight excluding hydrogens is 360 g/mol. The van der Waals surface area contributed by atoms with Gasteiger partial charge in [0.15, 0.2) is 5.65 Å². The molecule has 136 valence electrons. The Morgan fingerprint density at radius 3 is 2.70 bits per heavy atom. The first-order valence-electron chi connectivity index (χ1n) is 8.88. The van der Waals surface area contributed by atoms with Crippen LogP contribution in [0.3, 0.4) is 0 Å². The summed E-state index contributed by atoms with van der Waals surface area (Å²) in [5.41, 5.74) is 1.71. The average Bonchev–Trinajstić information content (AvgIpc) is 3.22. The number of carbonyl (C=O) groups is 1. The van der Waals surface area contributed by atoms with Gasteiger partial charge in [-0.05, 0) is 19.3 Å². The standard InChI is InChI=1S/C19H18N6OS/c20-11-15-18-23-21-13-25(18)17(14-7-3-1-4-8-14)22-19(15)27-12-16(26)24-9-5-2-6-10-24/h1,3-4,7-8,13H,2,5-6,9-10,12H2. The highest BCUT2D eigenvalue weighted by atomic mass is 32.2. The molecule has 0 atom stereocenters. The predicted octanol–water partition coefficient (Wildman–Crippen LogP) is 2.77. The van der Waals surface area contributed by atoms with Gasteiger partial charge in [-0.1, -0.05) is 42.1 Å². The average molecular weight is 378 g/mol. The van der Waals surface area contributed by atoms with Crippen LogP contribution < -0.4 is 0 Å². The van der Waals surface area contributed by atoms with E-state index in [-0.39, 0.29) is 11.7 Å². The third kappa shape index (κ3) is 3.51. The Morgan fingerprint density at radius 1 is 1.19 bits per heavy atom. The van der Waals surface area contributed by atoms with Crippen LogP contribution in [0, 0.1) is 11.3 Å². The molecule has 0 N–H and O–H groups in total. The number of aromatic nitrogens is 4. The quantitative estimate of drug-likeness (QED) is 0.512. The van der Waals surface area contributed by atoms with Gasteiger partial charge in [-0.2, -0.15) is 5.26 Å². The summed E-state index contributed by atoms with van der Waals surface area (Å²) in [5.74, 6) is 1.01. The Hall–Kier alpha value is -2.92. The highest BCUT2D eigenvalue weighted by Gasteiger charge is 2.21. The number of fused-ring (bicyclic) bond motifs is 1. The first-order valence-corrected chi connectivity index (χ1v) is 9.86. The summed E-state index contributed by atoms with van der Waals surface area (Å²) in [6.07, 6.45) is 4.85. The first kappa shape index (κ1) is 17.5. The van der Waals surface area contributed by atoms with Crippen molar-refractivity contribution in [3.8, 4) is 17.5 Å². The molecule has 3 heterocycles. The third-order valence-electron chi connectivity index (χ3n) is 4.61. The topological polar surface area (TPSA) is 87.2 Å². The Balaban J connectivity index is 1.67. The lowest BCUT2D eigenvalue weighted by atomic mass is 10.1. The normalized spacial score (nSPS) is 14.3. The van der Waals surface area contributed by atoms with Gasteiger partial charge in [0.05, 0.1) is 5.75 Å². The first-order chi connectivity index (χ1) is 13.3. The van der Waals surface area contributed by atoms with Crippen LogP contribution in [-0.4, -0.2) is 49.2 Å². The molecule has 2 aromatic heterocycles. The summed E-state index contributed by atoms with van der Waals surface area (Å²) >= 11 is 1.29. The van der Waals surface area contributed by atoms with E-state index in [2.05, 4.69) is 21.3 Å². The summed E-state index contributed by atoms with van der Waals surface area (Å²) in [6, 6.07) is 11.9. The second-order valence-corrected chi connectivity index (χ2v) is 7.31. The van der Waals surface area contributed by atoms with Crippen LogP contribution in [0.25, 0.3) is 17.0 Å². The minimum absolute atomic E-state index is 0.0907. The van der Waals surface area contributed by atoms with Crippen LogP contribution >= 0.6 is 11.8 Å². The number of carbonyl (C=O) groups excluding carboxylic acids is 1. The maximum absolute atomic E-state index is 12.5. The van der Waals surface area contributed by atoms with Gasteiger partial charge in [-0.15, -0.1) is 10.2 Å². The summed E-state index contributed by atoms with van der Waals surface area (Å²) in [6.45, 7) is 1.63. The number of hydrogen-bond donors (Lipinski definition) is 0. The lowest BCUT2D eigenvalue weighted by Gasteiger charge is -2.26. The monoisotopic (exact) mass is 378 g/mol. The molecule has 27 heavy (non-hydrogen) atoms. The van der Waals surface area contributed by atoms with Crippen LogP contribution in [0.4, 0.5) is 0 Å². The van der Waals surface area contributed by atoms with Gasteiger partial charge >= 0.3 is 0 Å². The van der Waals surface area contributed by atoms with E-state index in [1.165, 1.54) is 18.2 Å². The number of nitriles is 1. The molecule has 7 nitrogen and oxygen atoms in total. The van der Waals surface area contributed by atoms with E-state index in [0.29, 0.717) is 22.1 Å². The van der Waals surface area contributed by atoms with E-state index in [9.17, 15) is 10.1 Å². The Bertz CT molecular complexity index is 1000. The van der Waals surface area contributed by atoms with Crippen molar-refractivity contribution in [2.24, 2.45) is 0 Å². The van der Waals surface area contributed by atoms with E-state index in [1.807, 2.05) is 35.2 Å². The zero-order valence-electron chi connectivity index (χ0n) is 14.7. The lowest BCUT2D eigenvalue weighted by molar-refractivity contribution is -0.129. The molecule has 1 aromatic carbocycles. The number of rotatable bonds is 4. The zero-order chi connectivity index (χ0) is 18.6. The predicted molar refractivity (Wildman–Crippen MR) is 102 cm³/mol. The molecule has 0 saturated carbocycles. The minimum atomic E-state index is 0.0907. The van der Waals surface area contributed by atoms with Crippen molar-refractivity contribution in [2.45, 2.75) is 24.3 Å². The number of likely N-dealkylation sites (tertiary alicyclic amines) is 1. The molecule has 0 unspecified atom stereocenters. The number of amides is 1. The molecule has 1 aliphatic rings. The van der Waals surface area contributed by atoms with Crippen LogP contribution in [0.5, 0.6) is 0 Å². The lowest BCUT2D eigenvalue weighted by Crippen LogP contribution is -2.36. The molecule has 1 fully saturated rings. The molecular formula is C19H18N6OS. The Kier molecular flexibility index (Phi) is 5.03. The van der Waals surface area contributed by atoms with Gasteiger partial charge < -0.3 is 4.90 Å². The van der Waals surface area contributed by atoms with E-state index >= 15 is 0 Å².